The third-order valence-corrected chi connectivity index (χ3v) is 9.59. The minimum absolute atomic E-state index is 0.145. The van der Waals surface area contributed by atoms with Crippen LogP contribution in [0.4, 0.5) is 0 Å². The van der Waals surface area contributed by atoms with Gasteiger partial charge in [-0.2, -0.15) is 0 Å². The van der Waals surface area contributed by atoms with Gasteiger partial charge < -0.3 is 28.8 Å². The number of hydrogen-bond donors (Lipinski definition) is 1. The van der Waals surface area contributed by atoms with Crippen LogP contribution in [0.3, 0.4) is 0 Å². The van der Waals surface area contributed by atoms with E-state index in [1.807, 2.05) is 84.9 Å². The lowest BCUT2D eigenvalue weighted by molar-refractivity contribution is -0.134. The summed E-state index contributed by atoms with van der Waals surface area (Å²) in [5, 5.41) is 11.9. The van der Waals surface area contributed by atoms with Crippen molar-refractivity contribution < 1.29 is 28.8 Å². The molecule has 1 N–H and O–H groups in total. The van der Waals surface area contributed by atoms with Crippen molar-refractivity contribution in [1.29, 1.82) is 0 Å². The van der Waals surface area contributed by atoms with Crippen molar-refractivity contribution in [1.82, 2.24) is 0 Å². The second-order valence-electron chi connectivity index (χ2n) is 9.92. The number of ether oxygens (including phenoxy) is 5. The van der Waals surface area contributed by atoms with Crippen LogP contribution < -0.4 is 9.47 Å². The Morgan fingerprint density at radius 2 is 1.21 bits per heavy atom. The molecule has 0 spiro atoms. The van der Waals surface area contributed by atoms with Gasteiger partial charge >= 0.3 is 0 Å². The van der Waals surface area contributed by atoms with E-state index in [-0.39, 0.29) is 11.2 Å². The summed E-state index contributed by atoms with van der Waals surface area (Å²) in [7, 11) is 3.29. The molecule has 1 heterocycles. The maximum absolute atomic E-state index is 11.9. The number of benzene rings is 4. The molecule has 0 amide bonds. The topological polar surface area (TPSA) is 66.4 Å². The van der Waals surface area contributed by atoms with E-state index in [0.717, 1.165) is 38.0 Å². The molecule has 4 aromatic rings. The van der Waals surface area contributed by atoms with Gasteiger partial charge in [0.2, 0.25) is 0 Å². The molecule has 0 radical (unpaired) electrons. The van der Waals surface area contributed by atoms with Crippen molar-refractivity contribution in [2.45, 2.75) is 45.9 Å². The molecular formula is C35H36O6S2. The summed E-state index contributed by atoms with van der Waals surface area (Å²) in [6.45, 7) is 0.959. The SMILES string of the molecule is COc1ccc(COCC2OC=C(C(Sc3ccccc3)Sc3ccccc3)C(O)C2OCc2ccc(OC)cc2)cc1. The van der Waals surface area contributed by atoms with E-state index in [1.54, 1.807) is 44.0 Å². The van der Waals surface area contributed by atoms with Crippen LogP contribution in [0.25, 0.3) is 0 Å². The van der Waals surface area contributed by atoms with Gasteiger partial charge in [-0.25, -0.2) is 0 Å². The third kappa shape index (κ3) is 8.81. The Morgan fingerprint density at radius 1 is 0.698 bits per heavy atom. The van der Waals surface area contributed by atoms with Gasteiger partial charge in [-0.3, -0.25) is 0 Å². The quantitative estimate of drug-likeness (QED) is 0.116. The molecule has 0 aliphatic carbocycles. The number of thioether (sulfide) groups is 2. The molecule has 1 aliphatic rings. The largest absolute Gasteiger partial charge is 0.497 e. The van der Waals surface area contributed by atoms with Crippen molar-refractivity contribution in [2.24, 2.45) is 0 Å². The fourth-order valence-electron chi connectivity index (χ4n) is 4.57. The van der Waals surface area contributed by atoms with Crippen molar-refractivity contribution in [3.63, 3.8) is 0 Å². The molecule has 1 aliphatic heterocycles. The van der Waals surface area contributed by atoms with E-state index in [4.69, 9.17) is 23.7 Å². The van der Waals surface area contributed by atoms with Crippen LogP contribution in [0.15, 0.2) is 131 Å². The number of aliphatic hydroxyl groups is 1. The lowest BCUT2D eigenvalue weighted by Crippen LogP contribution is -2.48. The molecule has 3 unspecified atom stereocenters. The van der Waals surface area contributed by atoms with Crippen molar-refractivity contribution >= 4 is 23.5 Å². The summed E-state index contributed by atoms with van der Waals surface area (Å²) >= 11 is 3.35. The molecule has 224 valence electrons. The summed E-state index contributed by atoms with van der Waals surface area (Å²) in [5.41, 5.74) is 2.74. The Balaban J connectivity index is 1.35. The van der Waals surface area contributed by atoms with Gasteiger partial charge in [0, 0.05) is 15.4 Å². The predicted octanol–water partition coefficient (Wildman–Crippen LogP) is 7.36. The normalized spacial score (nSPS) is 18.1. The fourth-order valence-corrected chi connectivity index (χ4v) is 7.21. The minimum Gasteiger partial charge on any atom is -0.497 e. The molecule has 0 bridgehead atoms. The van der Waals surface area contributed by atoms with E-state index < -0.39 is 18.3 Å². The molecule has 43 heavy (non-hydrogen) atoms. The van der Waals surface area contributed by atoms with E-state index in [1.165, 1.54) is 0 Å². The number of aliphatic hydroxyl groups excluding tert-OH is 1. The molecule has 6 nitrogen and oxygen atoms in total. The second-order valence-corrected chi connectivity index (χ2v) is 12.6. The zero-order chi connectivity index (χ0) is 29.9. The van der Waals surface area contributed by atoms with E-state index in [2.05, 4.69) is 24.3 Å². The van der Waals surface area contributed by atoms with Crippen molar-refractivity contribution in [3.05, 3.63) is 132 Å². The summed E-state index contributed by atoms with van der Waals surface area (Å²) in [4.78, 5) is 2.20. The Hall–Kier alpha value is -3.40. The van der Waals surface area contributed by atoms with Gasteiger partial charge in [0.1, 0.15) is 29.8 Å². The third-order valence-electron chi connectivity index (χ3n) is 6.95. The Labute approximate surface area is 262 Å². The highest BCUT2D eigenvalue weighted by molar-refractivity contribution is 8.17. The zero-order valence-corrected chi connectivity index (χ0v) is 25.8. The van der Waals surface area contributed by atoms with Gasteiger partial charge in [0.05, 0.1) is 44.9 Å². The average Bonchev–Trinajstić information content (AvgIpc) is 3.06. The summed E-state index contributed by atoms with van der Waals surface area (Å²) in [6, 6.07) is 35.9. The molecular weight excluding hydrogens is 581 g/mol. The monoisotopic (exact) mass is 616 g/mol. The highest BCUT2D eigenvalue weighted by Gasteiger charge is 2.40. The molecule has 0 saturated carbocycles. The smallest absolute Gasteiger partial charge is 0.150 e. The summed E-state index contributed by atoms with van der Waals surface area (Å²) < 4.78 is 29.2. The highest BCUT2D eigenvalue weighted by atomic mass is 32.2. The molecule has 0 saturated heterocycles. The maximum Gasteiger partial charge on any atom is 0.150 e. The van der Waals surface area contributed by atoms with E-state index in [0.29, 0.717) is 13.2 Å². The van der Waals surface area contributed by atoms with Crippen LogP contribution in [0, 0.1) is 0 Å². The van der Waals surface area contributed by atoms with E-state index >= 15 is 0 Å². The molecule has 0 fully saturated rings. The van der Waals surface area contributed by atoms with Crippen LogP contribution >= 0.6 is 23.5 Å². The number of rotatable bonds is 14. The van der Waals surface area contributed by atoms with Crippen LogP contribution in [-0.2, 0) is 27.4 Å². The summed E-state index contributed by atoms with van der Waals surface area (Å²) in [6.07, 6.45) is -0.345. The van der Waals surface area contributed by atoms with Crippen LogP contribution in [-0.4, -0.2) is 48.8 Å². The zero-order valence-electron chi connectivity index (χ0n) is 24.2. The van der Waals surface area contributed by atoms with Crippen LogP contribution in [0.2, 0.25) is 0 Å². The minimum atomic E-state index is -0.904. The first-order valence-electron chi connectivity index (χ1n) is 14.0. The van der Waals surface area contributed by atoms with Gasteiger partial charge in [0.15, 0.2) is 0 Å². The van der Waals surface area contributed by atoms with E-state index in [9.17, 15) is 5.11 Å². The lowest BCUT2D eigenvalue weighted by Gasteiger charge is -2.37. The van der Waals surface area contributed by atoms with Gasteiger partial charge in [-0.1, -0.05) is 60.7 Å². The van der Waals surface area contributed by atoms with Gasteiger partial charge in [-0.05, 0) is 59.7 Å². The second kappa shape index (κ2) is 15.9. The Bertz CT molecular complexity index is 1370. The average molecular weight is 617 g/mol. The van der Waals surface area contributed by atoms with Crippen LogP contribution in [0.1, 0.15) is 11.1 Å². The Kier molecular flexibility index (Phi) is 11.5. The highest BCUT2D eigenvalue weighted by Crippen LogP contribution is 2.43. The maximum atomic E-state index is 11.9. The van der Waals surface area contributed by atoms with Gasteiger partial charge in [0.25, 0.3) is 0 Å². The lowest BCUT2D eigenvalue weighted by atomic mass is 9.99. The molecule has 8 heteroatoms. The van der Waals surface area contributed by atoms with Crippen molar-refractivity contribution in [2.75, 3.05) is 20.8 Å². The van der Waals surface area contributed by atoms with Gasteiger partial charge in [-0.15, -0.1) is 23.5 Å². The predicted molar refractivity (Wildman–Crippen MR) is 172 cm³/mol. The molecule has 5 rings (SSSR count). The molecule has 0 aromatic heterocycles. The Morgan fingerprint density at radius 3 is 1.72 bits per heavy atom. The molecule has 3 atom stereocenters. The summed E-state index contributed by atoms with van der Waals surface area (Å²) in [5.74, 6) is 1.57. The standard InChI is InChI=1S/C35H36O6S2/c1-37-27-17-13-25(14-18-27)21-39-24-32-34(41-22-26-15-19-28(38-2)20-16-26)33(36)31(23-40-32)35(42-29-9-5-3-6-10-29)43-30-11-7-4-8-12-30/h3-20,23,32-36H,21-22,24H2,1-2H3. The first-order valence-corrected chi connectivity index (χ1v) is 15.8. The molecule has 4 aromatic carbocycles. The van der Waals surface area contributed by atoms with Crippen molar-refractivity contribution in [3.8, 4) is 11.5 Å². The number of hydrogen-bond acceptors (Lipinski definition) is 8. The van der Waals surface area contributed by atoms with Crippen LogP contribution in [0.5, 0.6) is 11.5 Å². The first-order chi connectivity index (χ1) is 21.1. The first kappa shape index (κ1) is 31.0. The number of methoxy groups -OCH3 is 2. The fraction of sp³-hybridized carbons (Fsp3) is 0.257.